The molecule has 15 heavy (non-hydrogen) atoms. The summed E-state index contributed by atoms with van der Waals surface area (Å²) in [5.74, 6) is -0.951. The maximum Gasteiger partial charge on any atom is 0.343 e. The highest BCUT2D eigenvalue weighted by Gasteiger charge is 2.22. The van der Waals surface area contributed by atoms with E-state index >= 15 is 0 Å². The summed E-state index contributed by atoms with van der Waals surface area (Å²) in [7, 11) is 3.51. The van der Waals surface area contributed by atoms with Gasteiger partial charge in [0, 0.05) is 26.2 Å². The van der Waals surface area contributed by atoms with Gasteiger partial charge in [-0.05, 0) is 6.92 Å². The molecule has 0 unspecified atom stereocenters. The van der Waals surface area contributed by atoms with Crippen LogP contribution in [0.4, 0.5) is 0 Å². The van der Waals surface area contributed by atoms with Gasteiger partial charge in [-0.25, -0.2) is 4.79 Å². The number of hydrogen-bond donors (Lipinski definition) is 0. The number of rotatable bonds is 5. The molecule has 0 amide bonds. The molecule has 0 aliphatic heterocycles. The smallest absolute Gasteiger partial charge is 0.343 e. The Kier molecular flexibility index (Phi) is 5.67. The van der Waals surface area contributed by atoms with Crippen molar-refractivity contribution in [2.45, 2.75) is 20.8 Å². The Morgan fingerprint density at radius 1 is 1.33 bits per heavy atom. The highest BCUT2D eigenvalue weighted by molar-refractivity contribution is 6.17. The van der Waals surface area contributed by atoms with Crippen molar-refractivity contribution in [3.05, 3.63) is 11.8 Å². The van der Waals surface area contributed by atoms with Crippen molar-refractivity contribution < 1.29 is 14.3 Å². The van der Waals surface area contributed by atoms with E-state index in [0.717, 1.165) is 0 Å². The molecule has 0 aliphatic carbocycles. The first-order valence-electron chi connectivity index (χ1n) is 4.99. The SMILES string of the molecule is CCOC(=O)/C(=C\N(C)C)C(=O)C(C)C. The minimum absolute atomic E-state index is 0.108. The van der Waals surface area contributed by atoms with Gasteiger partial charge in [-0.2, -0.15) is 0 Å². The van der Waals surface area contributed by atoms with Gasteiger partial charge >= 0.3 is 5.97 Å². The molecule has 0 atom stereocenters. The fourth-order valence-corrected chi connectivity index (χ4v) is 0.995. The van der Waals surface area contributed by atoms with Crippen molar-refractivity contribution in [2.75, 3.05) is 20.7 Å². The minimum Gasteiger partial charge on any atom is -0.462 e. The van der Waals surface area contributed by atoms with Crippen molar-refractivity contribution in [3.8, 4) is 0 Å². The first kappa shape index (κ1) is 13.7. The summed E-state index contributed by atoms with van der Waals surface area (Å²) in [6.07, 6.45) is 1.50. The van der Waals surface area contributed by atoms with Crippen molar-refractivity contribution >= 4 is 11.8 Å². The first-order chi connectivity index (χ1) is 6.90. The first-order valence-corrected chi connectivity index (χ1v) is 4.99. The van der Waals surface area contributed by atoms with E-state index in [1.54, 1.807) is 39.8 Å². The van der Waals surface area contributed by atoms with Crippen molar-refractivity contribution in [2.24, 2.45) is 5.92 Å². The third-order valence-electron chi connectivity index (χ3n) is 1.67. The van der Waals surface area contributed by atoms with Crippen LogP contribution in [-0.4, -0.2) is 37.4 Å². The van der Waals surface area contributed by atoms with Gasteiger partial charge in [0.1, 0.15) is 5.57 Å². The molecule has 0 aliphatic rings. The van der Waals surface area contributed by atoms with E-state index in [1.807, 2.05) is 0 Å². The van der Waals surface area contributed by atoms with Crippen molar-refractivity contribution in [3.63, 3.8) is 0 Å². The normalized spacial score (nSPS) is 11.5. The van der Waals surface area contributed by atoms with Crippen LogP contribution in [0.5, 0.6) is 0 Å². The van der Waals surface area contributed by atoms with E-state index in [9.17, 15) is 9.59 Å². The van der Waals surface area contributed by atoms with Gasteiger partial charge in [-0.1, -0.05) is 13.8 Å². The lowest BCUT2D eigenvalue weighted by Crippen LogP contribution is -2.22. The van der Waals surface area contributed by atoms with Crippen LogP contribution in [-0.2, 0) is 14.3 Å². The highest BCUT2D eigenvalue weighted by atomic mass is 16.5. The summed E-state index contributed by atoms with van der Waals surface area (Å²) in [6, 6.07) is 0. The number of carbonyl (C=O) groups excluding carboxylic acids is 2. The summed E-state index contributed by atoms with van der Waals surface area (Å²) < 4.78 is 4.82. The second-order valence-electron chi connectivity index (χ2n) is 3.75. The van der Waals surface area contributed by atoms with E-state index in [-0.39, 0.29) is 23.9 Å². The van der Waals surface area contributed by atoms with Gasteiger partial charge in [0.15, 0.2) is 5.78 Å². The van der Waals surface area contributed by atoms with E-state index in [2.05, 4.69) is 0 Å². The Morgan fingerprint density at radius 3 is 2.20 bits per heavy atom. The molecule has 86 valence electrons. The Hall–Kier alpha value is -1.32. The standard InChI is InChI=1S/C11H19NO3/c1-6-15-11(14)9(7-12(4)5)10(13)8(2)3/h7-8H,6H2,1-5H3/b9-7-. The average Bonchev–Trinajstić information content (AvgIpc) is 2.13. The molecule has 0 radical (unpaired) electrons. The maximum atomic E-state index is 11.7. The molecule has 4 nitrogen and oxygen atoms in total. The molecule has 0 rings (SSSR count). The maximum absolute atomic E-state index is 11.7. The number of ketones is 1. The van der Waals surface area contributed by atoms with Gasteiger partial charge in [0.05, 0.1) is 6.61 Å². The average molecular weight is 213 g/mol. The topological polar surface area (TPSA) is 46.6 Å². The number of esters is 1. The zero-order valence-corrected chi connectivity index (χ0v) is 10.0. The Balaban J connectivity index is 4.90. The molecule has 0 spiro atoms. The number of ether oxygens (including phenoxy) is 1. The molecule has 0 N–H and O–H groups in total. The Labute approximate surface area is 90.9 Å². The number of nitrogens with zero attached hydrogens (tertiary/aromatic N) is 1. The van der Waals surface area contributed by atoms with Crippen LogP contribution in [0.2, 0.25) is 0 Å². The van der Waals surface area contributed by atoms with Gasteiger partial charge in [-0.3, -0.25) is 4.79 Å². The van der Waals surface area contributed by atoms with Gasteiger partial charge in [0.25, 0.3) is 0 Å². The second kappa shape index (κ2) is 6.22. The largest absolute Gasteiger partial charge is 0.462 e. The molecule has 0 saturated carbocycles. The molecular formula is C11H19NO3. The van der Waals surface area contributed by atoms with Gasteiger partial charge in [0.2, 0.25) is 0 Å². The lowest BCUT2D eigenvalue weighted by atomic mass is 10.0. The fraction of sp³-hybridized carbons (Fsp3) is 0.636. The minimum atomic E-state index is -0.551. The molecular weight excluding hydrogens is 194 g/mol. The van der Waals surface area contributed by atoms with Gasteiger partial charge < -0.3 is 9.64 Å². The molecule has 0 aromatic rings. The fourth-order valence-electron chi connectivity index (χ4n) is 0.995. The molecule has 0 heterocycles. The highest BCUT2D eigenvalue weighted by Crippen LogP contribution is 2.08. The zero-order valence-electron chi connectivity index (χ0n) is 10.0. The third-order valence-corrected chi connectivity index (χ3v) is 1.67. The van der Waals surface area contributed by atoms with Crippen molar-refractivity contribution in [1.29, 1.82) is 0 Å². The summed E-state index contributed by atoms with van der Waals surface area (Å²) in [6.45, 7) is 5.50. The van der Waals surface area contributed by atoms with Crippen LogP contribution < -0.4 is 0 Å². The monoisotopic (exact) mass is 213 g/mol. The second-order valence-corrected chi connectivity index (χ2v) is 3.75. The summed E-state index contributed by atoms with van der Waals surface area (Å²) in [5, 5.41) is 0. The van der Waals surface area contributed by atoms with Crippen LogP contribution >= 0.6 is 0 Å². The van der Waals surface area contributed by atoms with E-state index in [1.165, 1.54) is 6.20 Å². The molecule has 0 aromatic carbocycles. The summed E-state index contributed by atoms with van der Waals surface area (Å²) >= 11 is 0. The van der Waals surface area contributed by atoms with Crippen LogP contribution in [0.1, 0.15) is 20.8 Å². The van der Waals surface area contributed by atoms with Crippen LogP contribution in [0.25, 0.3) is 0 Å². The van der Waals surface area contributed by atoms with Gasteiger partial charge in [-0.15, -0.1) is 0 Å². The zero-order chi connectivity index (χ0) is 12.0. The summed E-state index contributed by atoms with van der Waals surface area (Å²) in [4.78, 5) is 24.8. The van der Waals surface area contributed by atoms with E-state index in [4.69, 9.17) is 4.74 Å². The predicted molar refractivity (Wildman–Crippen MR) is 58.2 cm³/mol. The predicted octanol–water partition coefficient (Wildman–Crippen LogP) is 1.22. The number of Topliss-reactive ketones (excluding diaryl/α,β-unsaturated/α-hetero) is 1. The number of hydrogen-bond acceptors (Lipinski definition) is 4. The molecule has 4 heteroatoms. The molecule has 0 saturated heterocycles. The van der Waals surface area contributed by atoms with Crippen molar-refractivity contribution in [1.82, 2.24) is 4.90 Å². The third kappa shape index (κ3) is 4.63. The molecule has 0 bridgehead atoms. The van der Waals surface area contributed by atoms with E-state index < -0.39 is 5.97 Å². The lowest BCUT2D eigenvalue weighted by Gasteiger charge is -2.11. The van der Waals surface area contributed by atoms with E-state index in [0.29, 0.717) is 0 Å². The lowest BCUT2D eigenvalue weighted by molar-refractivity contribution is -0.140. The quantitative estimate of drug-likeness (QED) is 0.298. The Bertz CT molecular complexity index is 267. The summed E-state index contributed by atoms with van der Waals surface area (Å²) in [5.41, 5.74) is 0.108. The molecule has 0 aromatic heterocycles. The molecule has 0 fully saturated rings. The van der Waals surface area contributed by atoms with Crippen LogP contribution in [0, 0.1) is 5.92 Å². The number of carbonyl (C=O) groups is 2. The van der Waals surface area contributed by atoms with Crippen LogP contribution in [0.15, 0.2) is 11.8 Å². The Morgan fingerprint density at radius 2 is 1.87 bits per heavy atom. The van der Waals surface area contributed by atoms with Crippen LogP contribution in [0.3, 0.4) is 0 Å².